The molecule has 418 valence electrons. The van der Waals surface area contributed by atoms with E-state index in [0.29, 0.717) is 0 Å². The Bertz CT molecular complexity index is 3920. The van der Waals surface area contributed by atoms with E-state index in [4.69, 9.17) is 0 Å². The van der Waals surface area contributed by atoms with Crippen LogP contribution < -0.4 is 31.1 Å². The van der Waals surface area contributed by atoms with Gasteiger partial charge in [0.05, 0.1) is 5.69 Å². The first-order valence-corrected chi connectivity index (χ1v) is 31.4. The number of nitrogens with zero attached hydrogens (tertiary/aromatic N) is 3. The topological polar surface area (TPSA) is 9.72 Å². The Morgan fingerprint density at radius 3 is 1.06 bits per heavy atom. The SMILES string of the molecule is CC1(C)CCC(C)(C)c2cc(N3c4cc5c(cc4B4c6cc7c(cc6N(c6ccc8cc9c(cc8c6)C(C)(C)CCC9(C)C)c6cc(N(c8ccccc8)c8ccccc8)cc3c64)C(C)(C)CCC7(C)C)C(C)(C)CCC5(C)C)ccc21. The van der Waals surface area contributed by atoms with Crippen LogP contribution in [0.3, 0.4) is 0 Å². The summed E-state index contributed by atoms with van der Waals surface area (Å²) in [6.45, 7) is 39.9. The normalized spacial score (nSPS) is 21.0. The smallest absolute Gasteiger partial charge is 0.252 e. The van der Waals surface area contributed by atoms with E-state index in [2.05, 4.69) is 271 Å². The highest BCUT2D eigenvalue weighted by molar-refractivity contribution is 7.00. The lowest BCUT2D eigenvalue weighted by Crippen LogP contribution is -2.62. The number of anilines is 9. The molecular weight excluding hydrogens is 990 g/mol. The van der Waals surface area contributed by atoms with Crippen molar-refractivity contribution in [2.75, 3.05) is 14.7 Å². The van der Waals surface area contributed by atoms with E-state index in [9.17, 15) is 0 Å². The molecule has 4 heteroatoms. The van der Waals surface area contributed by atoms with Crippen LogP contribution in [0.25, 0.3) is 10.8 Å². The molecule has 4 aliphatic carbocycles. The molecule has 0 unspecified atom stereocenters. The molecule has 0 saturated heterocycles. The van der Waals surface area contributed by atoms with Gasteiger partial charge in [0.25, 0.3) is 6.71 Å². The standard InChI is InChI=1S/C78H88BN3/c1-71(2)31-32-74(7,8)59-42-54(29-30-56(59)71)82-67-48-63-61(76(11,12)36-38-78(63,15)16)46-65(67)79-64-45-60-62(77(13,14)37-35-75(60,9)10)47-66(64)81(53-28-27-49-40-57-58(41-50(49)39-53)73(5,6)34-33-72(57,3)4)68-43-55(44-69(82)70(68)79)80(51-23-19-17-20-24-51)52-25-21-18-22-26-52/h17-30,39-48H,31-38H2,1-16H3. The molecule has 0 aromatic heterocycles. The van der Waals surface area contributed by atoms with Crippen molar-refractivity contribution in [1.29, 1.82) is 0 Å². The Balaban J connectivity index is 1.15. The highest BCUT2D eigenvalue weighted by Gasteiger charge is 2.50. The van der Waals surface area contributed by atoms with E-state index in [1.165, 1.54) is 125 Å². The Hall–Kier alpha value is -6.52. The fourth-order valence-corrected chi connectivity index (χ4v) is 16.5. The van der Waals surface area contributed by atoms with E-state index < -0.39 is 0 Å². The van der Waals surface area contributed by atoms with Crippen LogP contribution in [0, 0.1) is 0 Å². The average molecular weight is 1080 g/mol. The van der Waals surface area contributed by atoms with Gasteiger partial charge in [0.2, 0.25) is 0 Å². The highest BCUT2D eigenvalue weighted by atomic mass is 15.2. The Morgan fingerprint density at radius 2 is 0.634 bits per heavy atom. The summed E-state index contributed by atoms with van der Waals surface area (Å²) in [7, 11) is 0. The van der Waals surface area contributed by atoms with Gasteiger partial charge in [-0.2, -0.15) is 0 Å². The van der Waals surface area contributed by atoms with Crippen LogP contribution in [0.4, 0.5) is 51.2 Å². The van der Waals surface area contributed by atoms with Gasteiger partial charge in [-0.05, 0) is 239 Å². The minimum absolute atomic E-state index is 0.00182. The largest absolute Gasteiger partial charge is 0.311 e. The predicted molar refractivity (Wildman–Crippen MR) is 354 cm³/mol. The molecule has 0 saturated carbocycles. The second-order valence-electron chi connectivity index (χ2n) is 31.7. The molecule has 0 atom stereocenters. The molecule has 0 spiro atoms. The monoisotopic (exact) mass is 1080 g/mol. The highest BCUT2D eigenvalue weighted by Crippen LogP contribution is 2.56. The van der Waals surface area contributed by atoms with Crippen LogP contribution in [-0.2, 0) is 43.3 Å². The summed E-state index contributed by atoms with van der Waals surface area (Å²) in [6, 6.07) is 58.5. The average Bonchev–Trinajstić information content (AvgIpc) is 3.35. The van der Waals surface area contributed by atoms with Crippen molar-refractivity contribution in [3.63, 3.8) is 0 Å². The van der Waals surface area contributed by atoms with E-state index in [1.807, 2.05) is 0 Å². The molecule has 2 aliphatic heterocycles. The van der Waals surface area contributed by atoms with Crippen LogP contribution >= 0.6 is 0 Å². The van der Waals surface area contributed by atoms with Crippen molar-refractivity contribution >= 4 is 85.1 Å². The van der Waals surface area contributed by atoms with Gasteiger partial charge in [-0.1, -0.05) is 184 Å². The first-order chi connectivity index (χ1) is 38.6. The van der Waals surface area contributed by atoms with Crippen molar-refractivity contribution < 1.29 is 0 Å². The third kappa shape index (κ3) is 8.01. The molecule has 3 nitrogen and oxygen atoms in total. The van der Waals surface area contributed by atoms with Crippen LogP contribution in [0.2, 0.25) is 0 Å². The fourth-order valence-electron chi connectivity index (χ4n) is 16.5. The zero-order chi connectivity index (χ0) is 57.6. The first kappa shape index (κ1) is 53.5. The van der Waals surface area contributed by atoms with Gasteiger partial charge in [-0.3, -0.25) is 0 Å². The van der Waals surface area contributed by atoms with E-state index in [0.717, 1.165) is 49.2 Å². The second kappa shape index (κ2) is 17.5. The number of rotatable bonds is 5. The predicted octanol–water partition coefficient (Wildman–Crippen LogP) is 19.8. The zero-order valence-electron chi connectivity index (χ0n) is 52.4. The maximum Gasteiger partial charge on any atom is 0.252 e. The molecule has 14 rings (SSSR count). The van der Waals surface area contributed by atoms with Crippen LogP contribution in [0.15, 0.2) is 146 Å². The molecule has 0 amide bonds. The number of hydrogen-bond acceptors (Lipinski definition) is 3. The van der Waals surface area contributed by atoms with Crippen molar-refractivity contribution in [3.8, 4) is 0 Å². The van der Waals surface area contributed by atoms with Crippen molar-refractivity contribution in [3.05, 3.63) is 190 Å². The van der Waals surface area contributed by atoms with Crippen LogP contribution in [0.1, 0.15) is 207 Å². The van der Waals surface area contributed by atoms with Gasteiger partial charge in [-0.15, -0.1) is 0 Å². The van der Waals surface area contributed by atoms with Crippen molar-refractivity contribution in [2.24, 2.45) is 0 Å². The molecule has 0 N–H and O–H groups in total. The lowest BCUT2D eigenvalue weighted by Gasteiger charge is -2.49. The maximum absolute atomic E-state index is 2.75. The summed E-state index contributed by atoms with van der Waals surface area (Å²) in [5.41, 5.74) is 27.6. The summed E-state index contributed by atoms with van der Waals surface area (Å²) in [4.78, 5) is 8.00. The van der Waals surface area contributed by atoms with E-state index in [1.54, 1.807) is 0 Å². The van der Waals surface area contributed by atoms with Gasteiger partial charge in [0, 0.05) is 45.5 Å². The molecule has 82 heavy (non-hydrogen) atoms. The van der Waals surface area contributed by atoms with E-state index in [-0.39, 0.29) is 50.0 Å². The zero-order valence-corrected chi connectivity index (χ0v) is 52.4. The van der Waals surface area contributed by atoms with Gasteiger partial charge in [-0.25, -0.2) is 0 Å². The molecule has 0 radical (unpaired) electrons. The van der Waals surface area contributed by atoms with Gasteiger partial charge in [0.15, 0.2) is 0 Å². The minimum Gasteiger partial charge on any atom is -0.311 e. The fraction of sp³-hybridized carbons (Fsp3) is 0.410. The summed E-state index contributed by atoms with van der Waals surface area (Å²) >= 11 is 0. The Morgan fingerprint density at radius 1 is 0.293 bits per heavy atom. The van der Waals surface area contributed by atoms with Crippen LogP contribution in [-0.4, -0.2) is 6.71 Å². The maximum atomic E-state index is 2.75. The molecule has 8 aromatic rings. The first-order valence-electron chi connectivity index (χ1n) is 31.4. The number of para-hydroxylation sites is 2. The number of hydrogen-bond donors (Lipinski definition) is 0. The third-order valence-corrected chi connectivity index (χ3v) is 22.4. The van der Waals surface area contributed by atoms with Gasteiger partial charge < -0.3 is 14.7 Å². The Labute approximate surface area is 492 Å². The molecule has 6 aliphatic rings. The molecule has 0 bridgehead atoms. The molecular formula is C78H88BN3. The lowest BCUT2D eigenvalue weighted by atomic mass is 9.32. The van der Waals surface area contributed by atoms with Gasteiger partial charge >= 0.3 is 0 Å². The molecule has 2 heterocycles. The number of benzene rings is 8. The minimum atomic E-state index is -0.0285. The summed E-state index contributed by atoms with van der Waals surface area (Å²) in [5, 5.41) is 2.63. The molecule has 8 aromatic carbocycles. The number of fused-ring (bicyclic) bond motifs is 9. The van der Waals surface area contributed by atoms with Crippen LogP contribution in [0.5, 0.6) is 0 Å². The van der Waals surface area contributed by atoms with Crippen molar-refractivity contribution in [2.45, 2.75) is 205 Å². The van der Waals surface area contributed by atoms with E-state index >= 15 is 0 Å². The quantitative estimate of drug-likeness (QED) is 0.159. The summed E-state index contributed by atoms with van der Waals surface area (Å²) in [6.07, 6.45) is 9.36. The Kier molecular flexibility index (Phi) is 11.4. The van der Waals surface area contributed by atoms with Crippen molar-refractivity contribution in [1.82, 2.24) is 0 Å². The second-order valence-corrected chi connectivity index (χ2v) is 31.7. The molecule has 0 fully saturated rings. The summed E-state index contributed by atoms with van der Waals surface area (Å²) in [5.74, 6) is 0. The van der Waals surface area contributed by atoms with Gasteiger partial charge in [0.1, 0.15) is 0 Å². The lowest BCUT2D eigenvalue weighted by molar-refractivity contribution is 0.332. The summed E-state index contributed by atoms with van der Waals surface area (Å²) < 4.78 is 0. The third-order valence-electron chi connectivity index (χ3n) is 22.4.